The predicted octanol–water partition coefficient (Wildman–Crippen LogP) is 2.31. The molecule has 3 rings (SSSR count). The Morgan fingerprint density at radius 3 is 2.43 bits per heavy atom. The molecule has 0 aliphatic carbocycles. The van der Waals surface area contributed by atoms with Crippen LogP contribution >= 0.6 is 12.4 Å². The normalized spacial score (nSPS) is 21.6. The Kier molecular flexibility index (Phi) is 8.58. The number of nitrogens with zero attached hydrogens (tertiary/aromatic N) is 2. The number of rotatable bonds is 5. The Balaban J connectivity index is 0.00000280. The zero-order valence-electron chi connectivity index (χ0n) is 16.6. The van der Waals surface area contributed by atoms with E-state index in [9.17, 15) is 9.59 Å². The molecule has 0 saturated carbocycles. The van der Waals surface area contributed by atoms with Gasteiger partial charge >= 0.3 is 0 Å². The number of benzene rings is 1. The minimum absolute atomic E-state index is 0. The first-order valence-electron chi connectivity index (χ1n) is 10.0. The molecule has 0 aromatic heterocycles. The largest absolute Gasteiger partial charge is 0.484 e. The number of hydrogen-bond acceptors (Lipinski definition) is 4. The van der Waals surface area contributed by atoms with Crippen molar-refractivity contribution in [3.63, 3.8) is 0 Å². The molecule has 7 heteroatoms. The van der Waals surface area contributed by atoms with Crippen molar-refractivity contribution in [2.45, 2.75) is 38.6 Å². The number of amides is 2. The summed E-state index contributed by atoms with van der Waals surface area (Å²) in [5, 5.41) is 0. The van der Waals surface area contributed by atoms with Crippen molar-refractivity contribution < 1.29 is 14.3 Å². The Morgan fingerprint density at radius 1 is 1.11 bits per heavy atom. The molecule has 6 nitrogen and oxygen atoms in total. The van der Waals surface area contributed by atoms with Crippen LogP contribution in [0.5, 0.6) is 5.75 Å². The van der Waals surface area contributed by atoms with Crippen LogP contribution in [-0.2, 0) is 9.59 Å². The van der Waals surface area contributed by atoms with Gasteiger partial charge in [-0.3, -0.25) is 9.59 Å². The van der Waals surface area contributed by atoms with Gasteiger partial charge in [0.05, 0.1) is 0 Å². The monoisotopic (exact) mass is 409 g/mol. The first-order valence-corrected chi connectivity index (χ1v) is 10.0. The van der Waals surface area contributed by atoms with Gasteiger partial charge in [-0.2, -0.15) is 0 Å². The Bertz CT molecular complexity index is 633. The van der Waals surface area contributed by atoms with E-state index in [2.05, 4.69) is 0 Å². The summed E-state index contributed by atoms with van der Waals surface area (Å²) < 4.78 is 5.55. The Labute approximate surface area is 173 Å². The fourth-order valence-corrected chi connectivity index (χ4v) is 4.03. The topological polar surface area (TPSA) is 75.9 Å². The van der Waals surface area contributed by atoms with Gasteiger partial charge in [0.1, 0.15) is 5.75 Å². The molecule has 2 heterocycles. The van der Waals surface area contributed by atoms with Crippen molar-refractivity contribution in [3.05, 3.63) is 30.3 Å². The zero-order chi connectivity index (χ0) is 19.2. The summed E-state index contributed by atoms with van der Waals surface area (Å²) in [6.07, 6.45) is 3.60. The van der Waals surface area contributed by atoms with Crippen molar-refractivity contribution in [1.29, 1.82) is 0 Å². The highest BCUT2D eigenvalue weighted by Crippen LogP contribution is 2.25. The van der Waals surface area contributed by atoms with E-state index in [4.69, 9.17) is 10.5 Å². The lowest BCUT2D eigenvalue weighted by Gasteiger charge is -2.38. The molecule has 28 heavy (non-hydrogen) atoms. The molecule has 2 aliphatic rings. The minimum Gasteiger partial charge on any atom is -0.484 e. The van der Waals surface area contributed by atoms with E-state index in [0.717, 1.165) is 38.8 Å². The molecule has 156 valence electrons. The maximum absolute atomic E-state index is 12.9. The van der Waals surface area contributed by atoms with E-state index < -0.39 is 0 Å². The second-order valence-electron chi connectivity index (χ2n) is 7.80. The highest BCUT2D eigenvalue weighted by Gasteiger charge is 2.33. The summed E-state index contributed by atoms with van der Waals surface area (Å²) in [5.41, 5.74) is 6.04. The van der Waals surface area contributed by atoms with Crippen molar-refractivity contribution in [2.75, 3.05) is 32.8 Å². The number of carbonyl (C=O) groups is 2. The zero-order valence-corrected chi connectivity index (χ0v) is 17.4. The summed E-state index contributed by atoms with van der Waals surface area (Å²) in [7, 11) is 0. The van der Waals surface area contributed by atoms with Crippen LogP contribution in [0, 0.1) is 11.8 Å². The molecule has 2 unspecified atom stereocenters. The SMILES string of the molecule is CC(N)C1CCCN(C(=O)C2CCN(C(=O)COc3ccccc3)CC2)C1.Cl. The van der Waals surface area contributed by atoms with E-state index in [0.29, 0.717) is 24.8 Å². The highest BCUT2D eigenvalue weighted by atomic mass is 35.5. The van der Waals surface area contributed by atoms with Crippen LogP contribution < -0.4 is 10.5 Å². The molecule has 2 N–H and O–H groups in total. The number of hydrogen-bond donors (Lipinski definition) is 1. The van der Waals surface area contributed by atoms with Gasteiger partial charge in [-0.1, -0.05) is 18.2 Å². The van der Waals surface area contributed by atoms with E-state index >= 15 is 0 Å². The van der Waals surface area contributed by atoms with Crippen LogP contribution in [0.3, 0.4) is 0 Å². The molecule has 1 aromatic rings. The molecule has 2 atom stereocenters. The first kappa shape index (κ1) is 22.5. The third-order valence-corrected chi connectivity index (χ3v) is 5.82. The van der Waals surface area contributed by atoms with Gasteiger partial charge in [-0.05, 0) is 50.7 Å². The predicted molar refractivity (Wildman–Crippen MR) is 111 cm³/mol. The fourth-order valence-electron chi connectivity index (χ4n) is 4.03. The van der Waals surface area contributed by atoms with Crippen LogP contribution in [0.1, 0.15) is 32.6 Å². The third kappa shape index (κ3) is 5.85. The van der Waals surface area contributed by atoms with Crippen molar-refractivity contribution in [3.8, 4) is 5.75 Å². The molecular formula is C21H32ClN3O3. The van der Waals surface area contributed by atoms with E-state index in [-0.39, 0.29) is 42.8 Å². The molecule has 2 amide bonds. The highest BCUT2D eigenvalue weighted by molar-refractivity contribution is 5.85. The van der Waals surface area contributed by atoms with Gasteiger partial charge in [0, 0.05) is 38.1 Å². The second kappa shape index (κ2) is 10.7. The molecule has 0 radical (unpaired) electrons. The number of para-hydroxylation sites is 1. The average Bonchev–Trinajstić information content (AvgIpc) is 2.72. The Hall–Kier alpha value is -1.79. The van der Waals surface area contributed by atoms with Crippen molar-refractivity contribution >= 4 is 24.2 Å². The lowest BCUT2D eigenvalue weighted by molar-refractivity contribution is -0.142. The molecule has 0 bridgehead atoms. The third-order valence-electron chi connectivity index (χ3n) is 5.82. The maximum Gasteiger partial charge on any atom is 0.260 e. The number of ether oxygens (including phenoxy) is 1. The van der Waals surface area contributed by atoms with Gasteiger partial charge in [0.15, 0.2) is 6.61 Å². The van der Waals surface area contributed by atoms with Gasteiger partial charge in [-0.15, -0.1) is 12.4 Å². The number of piperidine rings is 2. The number of halogens is 1. The lowest BCUT2D eigenvalue weighted by Crippen LogP contribution is -2.49. The van der Waals surface area contributed by atoms with Gasteiger partial charge in [-0.25, -0.2) is 0 Å². The van der Waals surface area contributed by atoms with Crippen molar-refractivity contribution in [2.24, 2.45) is 17.6 Å². The molecule has 1 aromatic carbocycles. The van der Waals surface area contributed by atoms with E-state index in [1.807, 2.05) is 47.1 Å². The van der Waals surface area contributed by atoms with E-state index in [1.165, 1.54) is 0 Å². The van der Waals surface area contributed by atoms with Crippen LogP contribution in [-0.4, -0.2) is 60.4 Å². The number of nitrogens with two attached hydrogens (primary N) is 1. The molecule has 2 fully saturated rings. The molecular weight excluding hydrogens is 378 g/mol. The van der Waals surface area contributed by atoms with Crippen LogP contribution in [0.2, 0.25) is 0 Å². The van der Waals surface area contributed by atoms with Gasteiger partial charge in [0.25, 0.3) is 5.91 Å². The van der Waals surface area contributed by atoms with Gasteiger partial charge in [0.2, 0.25) is 5.91 Å². The second-order valence-corrected chi connectivity index (χ2v) is 7.80. The van der Waals surface area contributed by atoms with Crippen LogP contribution in [0.4, 0.5) is 0 Å². The molecule has 2 aliphatic heterocycles. The number of carbonyl (C=O) groups excluding carboxylic acids is 2. The first-order chi connectivity index (χ1) is 13.0. The minimum atomic E-state index is -0.0141. The Morgan fingerprint density at radius 2 is 1.79 bits per heavy atom. The quantitative estimate of drug-likeness (QED) is 0.809. The van der Waals surface area contributed by atoms with Crippen LogP contribution in [0.25, 0.3) is 0 Å². The summed E-state index contributed by atoms with van der Waals surface area (Å²) in [6, 6.07) is 9.49. The molecule has 2 saturated heterocycles. The average molecular weight is 410 g/mol. The summed E-state index contributed by atoms with van der Waals surface area (Å²) in [5.74, 6) is 1.35. The fraction of sp³-hybridized carbons (Fsp3) is 0.619. The van der Waals surface area contributed by atoms with E-state index in [1.54, 1.807) is 0 Å². The lowest BCUT2D eigenvalue weighted by atomic mass is 9.89. The van der Waals surface area contributed by atoms with Crippen LogP contribution in [0.15, 0.2) is 30.3 Å². The summed E-state index contributed by atoms with van der Waals surface area (Å²) in [4.78, 5) is 29.0. The summed E-state index contributed by atoms with van der Waals surface area (Å²) in [6.45, 7) is 4.94. The summed E-state index contributed by atoms with van der Waals surface area (Å²) >= 11 is 0. The smallest absolute Gasteiger partial charge is 0.260 e. The van der Waals surface area contributed by atoms with Crippen molar-refractivity contribution in [1.82, 2.24) is 9.80 Å². The maximum atomic E-state index is 12.9. The van der Waals surface area contributed by atoms with Gasteiger partial charge < -0.3 is 20.3 Å². The standard InChI is InChI=1S/C21H31N3O3.ClH/c1-16(22)18-6-5-11-24(14-18)21(26)17-9-12-23(13-10-17)20(25)15-27-19-7-3-2-4-8-19;/h2-4,7-8,16-18H,5-6,9-15,22H2,1H3;1H. The number of likely N-dealkylation sites (tertiary alicyclic amines) is 2. The molecule has 0 spiro atoms.